The SMILES string of the molecule is COCCC1(c2ccc(Cc3nc(-c4c(F)cccc4F)nc4c3C(=O)N(Cc3ccc(OC)cc3OC)C4)cc2)CCNC1=O. The lowest BCUT2D eigenvalue weighted by molar-refractivity contribution is -0.124. The lowest BCUT2D eigenvalue weighted by atomic mass is 9.76. The zero-order valence-electron chi connectivity index (χ0n) is 25.9. The summed E-state index contributed by atoms with van der Waals surface area (Å²) in [4.78, 5) is 37.5. The molecule has 4 aromatic rings. The van der Waals surface area contributed by atoms with Crippen LogP contribution in [0.5, 0.6) is 11.5 Å². The van der Waals surface area contributed by atoms with E-state index in [2.05, 4.69) is 15.3 Å². The molecule has 1 fully saturated rings. The molecule has 0 spiro atoms. The Morgan fingerprint density at radius 3 is 2.35 bits per heavy atom. The molecule has 3 heterocycles. The number of rotatable bonds is 11. The fourth-order valence-corrected chi connectivity index (χ4v) is 6.34. The average Bonchev–Trinajstić information content (AvgIpc) is 3.59. The van der Waals surface area contributed by atoms with Crippen molar-refractivity contribution in [2.75, 3.05) is 34.5 Å². The van der Waals surface area contributed by atoms with E-state index in [0.29, 0.717) is 54.4 Å². The number of aromatic nitrogens is 2. The van der Waals surface area contributed by atoms with Gasteiger partial charge in [0.1, 0.15) is 23.1 Å². The van der Waals surface area contributed by atoms with Crippen molar-refractivity contribution in [3.05, 3.63) is 106 Å². The summed E-state index contributed by atoms with van der Waals surface area (Å²) in [5, 5.41) is 2.94. The van der Waals surface area contributed by atoms with Crippen LogP contribution in [0.3, 0.4) is 0 Å². The third-order valence-corrected chi connectivity index (χ3v) is 8.83. The van der Waals surface area contributed by atoms with Crippen molar-refractivity contribution < 1.29 is 32.6 Å². The molecule has 11 heteroatoms. The summed E-state index contributed by atoms with van der Waals surface area (Å²) in [7, 11) is 4.71. The molecule has 3 aromatic carbocycles. The maximum atomic E-state index is 14.9. The molecule has 238 valence electrons. The van der Waals surface area contributed by atoms with E-state index in [9.17, 15) is 18.4 Å². The first-order valence-corrected chi connectivity index (χ1v) is 15.0. The molecule has 1 N–H and O–H groups in total. The number of nitrogens with zero attached hydrogens (tertiary/aromatic N) is 3. The zero-order chi connectivity index (χ0) is 32.4. The Balaban J connectivity index is 1.36. The van der Waals surface area contributed by atoms with Crippen molar-refractivity contribution in [1.82, 2.24) is 20.2 Å². The predicted octanol–water partition coefficient (Wildman–Crippen LogP) is 4.98. The van der Waals surface area contributed by atoms with Gasteiger partial charge in [0.2, 0.25) is 5.91 Å². The number of carbonyl (C=O) groups excluding carboxylic acids is 2. The second-order valence-electron chi connectivity index (χ2n) is 11.5. The number of ether oxygens (including phenoxy) is 3. The summed E-state index contributed by atoms with van der Waals surface area (Å²) in [6.45, 7) is 1.37. The normalized spacial score (nSPS) is 17.3. The van der Waals surface area contributed by atoms with Crippen LogP contribution in [0.4, 0.5) is 8.78 Å². The van der Waals surface area contributed by atoms with E-state index < -0.39 is 17.0 Å². The first-order chi connectivity index (χ1) is 22.3. The van der Waals surface area contributed by atoms with Gasteiger partial charge < -0.3 is 24.4 Å². The van der Waals surface area contributed by atoms with Gasteiger partial charge >= 0.3 is 0 Å². The highest BCUT2D eigenvalue weighted by Gasteiger charge is 2.43. The number of fused-ring (bicyclic) bond motifs is 1. The topological polar surface area (TPSA) is 103 Å². The number of hydrogen-bond acceptors (Lipinski definition) is 7. The van der Waals surface area contributed by atoms with Gasteiger partial charge in [-0.25, -0.2) is 18.7 Å². The third-order valence-electron chi connectivity index (χ3n) is 8.83. The fraction of sp³-hybridized carbons (Fsp3) is 0.314. The number of halogens is 2. The Hall–Kier alpha value is -4.90. The molecule has 2 aliphatic rings. The maximum Gasteiger partial charge on any atom is 0.258 e. The van der Waals surface area contributed by atoms with Crippen molar-refractivity contribution in [3.63, 3.8) is 0 Å². The van der Waals surface area contributed by atoms with E-state index in [0.717, 1.165) is 28.8 Å². The van der Waals surface area contributed by atoms with E-state index in [1.54, 1.807) is 38.4 Å². The summed E-state index contributed by atoms with van der Waals surface area (Å²) < 4.78 is 46.0. The molecule has 1 unspecified atom stereocenters. The molecule has 6 rings (SSSR count). The number of carbonyl (C=O) groups is 2. The largest absolute Gasteiger partial charge is 0.497 e. The lowest BCUT2D eigenvalue weighted by Gasteiger charge is -2.26. The number of hydrogen-bond donors (Lipinski definition) is 1. The molecular formula is C35H34F2N4O5. The van der Waals surface area contributed by atoms with Crippen molar-refractivity contribution in [1.29, 1.82) is 0 Å². The maximum absolute atomic E-state index is 14.9. The Kier molecular flexibility index (Phi) is 8.68. The van der Waals surface area contributed by atoms with E-state index in [1.807, 2.05) is 30.3 Å². The van der Waals surface area contributed by atoms with Crippen LogP contribution in [-0.2, 0) is 34.5 Å². The Morgan fingerprint density at radius 2 is 1.70 bits per heavy atom. The highest BCUT2D eigenvalue weighted by Crippen LogP contribution is 2.37. The van der Waals surface area contributed by atoms with Gasteiger partial charge in [0, 0.05) is 38.3 Å². The Bertz CT molecular complexity index is 1780. The molecular weight excluding hydrogens is 594 g/mol. The van der Waals surface area contributed by atoms with Gasteiger partial charge in [0.05, 0.1) is 55.2 Å². The average molecular weight is 629 g/mol. The smallest absolute Gasteiger partial charge is 0.258 e. The molecule has 9 nitrogen and oxygen atoms in total. The molecule has 46 heavy (non-hydrogen) atoms. The van der Waals surface area contributed by atoms with Gasteiger partial charge in [-0.2, -0.15) is 0 Å². The van der Waals surface area contributed by atoms with Crippen molar-refractivity contribution in [2.45, 2.75) is 37.8 Å². The summed E-state index contributed by atoms with van der Waals surface area (Å²) in [5.74, 6) is -0.860. The van der Waals surface area contributed by atoms with Crippen LogP contribution in [-0.4, -0.2) is 61.2 Å². The van der Waals surface area contributed by atoms with Crippen LogP contribution < -0.4 is 14.8 Å². The van der Waals surface area contributed by atoms with Crippen molar-refractivity contribution >= 4 is 11.8 Å². The van der Waals surface area contributed by atoms with Crippen molar-refractivity contribution in [3.8, 4) is 22.9 Å². The zero-order valence-corrected chi connectivity index (χ0v) is 25.9. The van der Waals surface area contributed by atoms with Crippen LogP contribution in [0, 0.1) is 11.6 Å². The summed E-state index contributed by atoms with van der Waals surface area (Å²) in [5.41, 5.74) is 2.47. The van der Waals surface area contributed by atoms with Crippen LogP contribution >= 0.6 is 0 Å². The monoisotopic (exact) mass is 628 g/mol. The summed E-state index contributed by atoms with van der Waals surface area (Å²) >= 11 is 0. The number of benzene rings is 3. The lowest BCUT2D eigenvalue weighted by Crippen LogP contribution is -2.36. The second-order valence-corrected chi connectivity index (χ2v) is 11.5. The minimum absolute atomic E-state index is 0.0262. The van der Waals surface area contributed by atoms with Crippen molar-refractivity contribution in [2.24, 2.45) is 0 Å². The standard InChI is InChI=1S/C35H34F2N4O5/c1-44-16-14-35(13-15-38-34(35)43)23-10-7-21(8-11-23)17-27-31-28(40-32(39-27)30-25(36)5-4-6-26(30)37)20-41(33(31)42)19-22-9-12-24(45-2)18-29(22)46-3/h4-12,18H,13-17,19-20H2,1-3H3,(H,38,43). The highest BCUT2D eigenvalue weighted by atomic mass is 19.1. The number of methoxy groups -OCH3 is 3. The molecule has 1 saturated heterocycles. The quantitative estimate of drug-likeness (QED) is 0.250. The van der Waals surface area contributed by atoms with Crippen LogP contribution in [0.25, 0.3) is 11.4 Å². The molecule has 0 aliphatic carbocycles. The molecule has 0 radical (unpaired) electrons. The molecule has 0 bridgehead atoms. The minimum atomic E-state index is -0.796. The van der Waals surface area contributed by atoms with E-state index in [4.69, 9.17) is 14.2 Å². The van der Waals surface area contributed by atoms with Gasteiger partial charge in [0.15, 0.2) is 5.82 Å². The first-order valence-electron chi connectivity index (χ1n) is 15.0. The van der Waals surface area contributed by atoms with Crippen LogP contribution in [0.1, 0.15) is 51.3 Å². The second kappa shape index (κ2) is 12.8. The summed E-state index contributed by atoms with van der Waals surface area (Å²) in [6, 6.07) is 16.6. The summed E-state index contributed by atoms with van der Waals surface area (Å²) in [6.07, 6.45) is 1.42. The number of nitrogens with one attached hydrogen (secondary N) is 1. The predicted molar refractivity (Wildman–Crippen MR) is 166 cm³/mol. The Morgan fingerprint density at radius 1 is 0.935 bits per heavy atom. The highest BCUT2D eigenvalue weighted by molar-refractivity contribution is 5.99. The van der Waals surface area contributed by atoms with Gasteiger partial charge in [-0.3, -0.25) is 9.59 Å². The fourth-order valence-electron chi connectivity index (χ4n) is 6.34. The van der Waals surface area contributed by atoms with Crippen LogP contribution in [0.2, 0.25) is 0 Å². The molecule has 1 aromatic heterocycles. The van der Waals surface area contributed by atoms with E-state index in [-0.39, 0.29) is 42.7 Å². The van der Waals surface area contributed by atoms with E-state index >= 15 is 0 Å². The molecule has 0 saturated carbocycles. The molecule has 2 aliphatic heterocycles. The van der Waals surface area contributed by atoms with Gasteiger partial charge in [0.25, 0.3) is 5.91 Å². The van der Waals surface area contributed by atoms with Gasteiger partial charge in [-0.1, -0.05) is 30.3 Å². The number of amides is 2. The third kappa shape index (κ3) is 5.66. The first kappa shape index (κ1) is 31.1. The van der Waals surface area contributed by atoms with Gasteiger partial charge in [-0.05, 0) is 48.2 Å². The minimum Gasteiger partial charge on any atom is -0.497 e. The van der Waals surface area contributed by atoms with E-state index in [1.165, 1.54) is 6.07 Å². The van der Waals surface area contributed by atoms with Gasteiger partial charge in [-0.15, -0.1) is 0 Å². The molecule has 2 amide bonds. The van der Waals surface area contributed by atoms with Crippen LogP contribution in [0.15, 0.2) is 60.7 Å². The molecule has 1 atom stereocenters. The Labute approximate surface area is 265 Å².